The molecule has 0 bridgehead atoms. The Morgan fingerprint density at radius 1 is 0.902 bits per heavy atom. The SMILES string of the molecule is COc1ccc(S(=O)(=O)N(CC(=O)N(CCc2c[nH]c3ccccc23)Cc2ccc(OC)c(OC)c2)C(C)C)cc1. The first-order valence-corrected chi connectivity index (χ1v) is 14.8. The maximum atomic E-state index is 13.9. The van der Waals surface area contributed by atoms with Gasteiger partial charge >= 0.3 is 0 Å². The number of H-pyrrole nitrogens is 1. The Balaban J connectivity index is 1.61. The minimum absolute atomic E-state index is 0.102. The first-order chi connectivity index (χ1) is 19.7. The highest BCUT2D eigenvalue weighted by molar-refractivity contribution is 7.89. The van der Waals surface area contributed by atoms with Gasteiger partial charge in [0.15, 0.2) is 11.5 Å². The first-order valence-electron chi connectivity index (χ1n) is 13.4. The molecule has 4 rings (SSSR count). The zero-order valence-electron chi connectivity index (χ0n) is 24.1. The van der Waals surface area contributed by atoms with E-state index in [4.69, 9.17) is 14.2 Å². The van der Waals surface area contributed by atoms with Gasteiger partial charge in [-0.1, -0.05) is 24.3 Å². The van der Waals surface area contributed by atoms with Crippen LogP contribution < -0.4 is 14.2 Å². The number of nitrogens with zero attached hydrogens (tertiary/aromatic N) is 2. The van der Waals surface area contributed by atoms with Gasteiger partial charge in [-0.3, -0.25) is 4.79 Å². The maximum Gasteiger partial charge on any atom is 0.243 e. The zero-order chi connectivity index (χ0) is 29.6. The fraction of sp³-hybridized carbons (Fsp3) is 0.323. The largest absolute Gasteiger partial charge is 0.497 e. The Morgan fingerprint density at radius 3 is 2.27 bits per heavy atom. The lowest BCUT2D eigenvalue weighted by Gasteiger charge is -2.29. The highest BCUT2D eigenvalue weighted by Gasteiger charge is 2.31. The molecule has 1 N–H and O–H groups in total. The van der Waals surface area contributed by atoms with E-state index in [9.17, 15) is 13.2 Å². The van der Waals surface area contributed by atoms with Crippen LogP contribution in [0.4, 0.5) is 0 Å². The third kappa shape index (κ3) is 6.83. The monoisotopic (exact) mass is 579 g/mol. The molecule has 0 spiro atoms. The van der Waals surface area contributed by atoms with Gasteiger partial charge < -0.3 is 24.1 Å². The third-order valence-corrected chi connectivity index (χ3v) is 9.07. The number of ether oxygens (including phenoxy) is 3. The quantitative estimate of drug-likeness (QED) is 0.243. The highest BCUT2D eigenvalue weighted by atomic mass is 32.2. The lowest BCUT2D eigenvalue weighted by Crippen LogP contribution is -2.46. The van der Waals surface area contributed by atoms with E-state index in [0.717, 1.165) is 22.0 Å². The molecule has 1 heterocycles. The van der Waals surface area contributed by atoms with Crippen molar-refractivity contribution in [1.82, 2.24) is 14.2 Å². The smallest absolute Gasteiger partial charge is 0.243 e. The van der Waals surface area contributed by atoms with Crippen molar-refractivity contribution in [2.45, 2.75) is 37.8 Å². The predicted octanol–water partition coefficient (Wildman–Crippen LogP) is 4.86. The number of hydrogen-bond acceptors (Lipinski definition) is 6. The van der Waals surface area contributed by atoms with E-state index >= 15 is 0 Å². The summed E-state index contributed by atoms with van der Waals surface area (Å²) in [5, 5.41) is 1.09. The molecule has 10 heteroatoms. The third-order valence-electron chi connectivity index (χ3n) is 7.03. The fourth-order valence-electron chi connectivity index (χ4n) is 4.75. The van der Waals surface area contributed by atoms with Crippen molar-refractivity contribution in [1.29, 1.82) is 0 Å². The molecule has 218 valence electrons. The van der Waals surface area contributed by atoms with E-state index in [0.29, 0.717) is 30.2 Å². The molecular formula is C31H37N3O6S. The van der Waals surface area contributed by atoms with Crippen LogP contribution in [-0.4, -0.2) is 69.0 Å². The normalized spacial score (nSPS) is 11.7. The van der Waals surface area contributed by atoms with Crippen LogP contribution in [0.2, 0.25) is 0 Å². The van der Waals surface area contributed by atoms with Crippen LogP contribution in [0, 0.1) is 0 Å². The summed E-state index contributed by atoms with van der Waals surface area (Å²) in [6.07, 6.45) is 2.55. The summed E-state index contributed by atoms with van der Waals surface area (Å²) in [6, 6.07) is 19.2. The summed E-state index contributed by atoms with van der Waals surface area (Å²) in [7, 11) is 0.704. The second kappa shape index (κ2) is 13.1. The molecule has 41 heavy (non-hydrogen) atoms. The van der Waals surface area contributed by atoms with Gasteiger partial charge in [-0.05, 0) is 73.9 Å². The van der Waals surface area contributed by atoms with E-state index in [2.05, 4.69) is 4.98 Å². The fourth-order valence-corrected chi connectivity index (χ4v) is 6.33. The van der Waals surface area contributed by atoms with Crippen molar-refractivity contribution in [3.8, 4) is 17.2 Å². The van der Waals surface area contributed by atoms with Gasteiger partial charge in [0.1, 0.15) is 5.75 Å². The van der Waals surface area contributed by atoms with Crippen LogP contribution in [0.1, 0.15) is 25.0 Å². The van der Waals surface area contributed by atoms with E-state index in [-0.39, 0.29) is 23.9 Å². The molecule has 1 amide bonds. The molecule has 3 aromatic carbocycles. The van der Waals surface area contributed by atoms with E-state index in [1.165, 1.54) is 23.5 Å². The number of carbonyl (C=O) groups excluding carboxylic acids is 1. The van der Waals surface area contributed by atoms with Crippen molar-refractivity contribution >= 4 is 26.8 Å². The van der Waals surface area contributed by atoms with Crippen LogP contribution in [0.15, 0.2) is 77.8 Å². The average Bonchev–Trinajstić information content (AvgIpc) is 3.40. The van der Waals surface area contributed by atoms with Crippen LogP contribution in [0.25, 0.3) is 10.9 Å². The molecule has 0 radical (unpaired) electrons. The molecule has 0 aliphatic carbocycles. The van der Waals surface area contributed by atoms with Crippen molar-refractivity contribution in [3.05, 3.63) is 84.1 Å². The lowest BCUT2D eigenvalue weighted by molar-refractivity contribution is -0.132. The minimum atomic E-state index is -3.94. The van der Waals surface area contributed by atoms with Crippen LogP contribution in [0.5, 0.6) is 17.2 Å². The number of hydrogen-bond donors (Lipinski definition) is 1. The number of aromatic nitrogens is 1. The van der Waals surface area contributed by atoms with Crippen molar-refractivity contribution in [2.24, 2.45) is 0 Å². The van der Waals surface area contributed by atoms with Gasteiger partial charge in [0, 0.05) is 36.2 Å². The highest BCUT2D eigenvalue weighted by Crippen LogP contribution is 2.29. The van der Waals surface area contributed by atoms with Gasteiger partial charge in [0.25, 0.3) is 0 Å². The number of para-hydroxylation sites is 1. The standard InChI is InChI=1S/C31H37N3O6S/c1-22(2)34(41(36,37)26-13-11-25(38-3)12-14-26)21-31(35)33(20-23-10-15-29(39-4)30(18-23)40-5)17-16-24-19-32-28-9-7-6-8-27(24)28/h6-15,18-19,22,32H,16-17,20-21H2,1-5H3. The van der Waals surface area contributed by atoms with E-state index in [1.54, 1.807) is 51.2 Å². The Hall–Kier alpha value is -4.02. The molecule has 4 aromatic rings. The number of nitrogens with one attached hydrogen (secondary N) is 1. The average molecular weight is 580 g/mol. The zero-order valence-corrected chi connectivity index (χ0v) is 24.9. The van der Waals surface area contributed by atoms with E-state index in [1.807, 2.05) is 42.6 Å². The van der Waals surface area contributed by atoms with Crippen molar-refractivity contribution in [2.75, 3.05) is 34.4 Å². The Kier molecular flexibility index (Phi) is 9.57. The van der Waals surface area contributed by atoms with Gasteiger partial charge in [0.05, 0.1) is 32.8 Å². The summed E-state index contributed by atoms with van der Waals surface area (Å²) in [4.78, 5) is 19.0. The number of amides is 1. The molecule has 0 saturated heterocycles. The summed E-state index contributed by atoms with van der Waals surface area (Å²) < 4.78 is 44.5. The van der Waals surface area contributed by atoms with Crippen LogP contribution in [0.3, 0.4) is 0 Å². The molecule has 0 unspecified atom stereocenters. The Morgan fingerprint density at radius 2 is 1.61 bits per heavy atom. The number of methoxy groups -OCH3 is 3. The number of rotatable bonds is 13. The van der Waals surface area contributed by atoms with Gasteiger partial charge in [-0.15, -0.1) is 0 Å². The number of carbonyl (C=O) groups is 1. The lowest BCUT2D eigenvalue weighted by atomic mass is 10.1. The Labute approximate surface area is 241 Å². The molecular weight excluding hydrogens is 542 g/mol. The molecule has 0 aliphatic rings. The first kappa shape index (κ1) is 30.0. The van der Waals surface area contributed by atoms with Gasteiger partial charge in [-0.25, -0.2) is 8.42 Å². The predicted molar refractivity (Wildman–Crippen MR) is 159 cm³/mol. The molecule has 1 aromatic heterocycles. The molecule has 0 atom stereocenters. The molecule has 9 nitrogen and oxygen atoms in total. The summed E-state index contributed by atoms with van der Waals surface area (Å²) in [5.41, 5.74) is 2.94. The number of fused-ring (bicyclic) bond motifs is 1. The van der Waals surface area contributed by atoms with Crippen molar-refractivity contribution < 1.29 is 27.4 Å². The molecule has 0 fully saturated rings. The summed E-state index contributed by atoms with van der Waals surface area (Å²) in [6.45, 7) is 3.89. The van der Waals surface area contributed by atoms with E-state index < -0.39 is 16.1 Å². The second-order valence-electron chi connectivity index (χ2n) is 9.93. The topological polar surface area (TPSA) is 101 Å². The second-order valence-corrected chi connectivity index (χ2v) is 11.8. The summed E-state index contributed by atoms with van der Waals surface area (Å²) in [5.74, 6) is 1.39. The minimum Gasteiger partial charge on any atom is -0.497 e. The number of aromatic amines is 1. The number of sulfonamides is 1. The van der Waals surface area contributed by atoms with Crippen LogP contribution in [-0.2, 0) is 27.8 Å². The van der Waals surface area contributed by atoms with Gasteiger partial charge in [0.2, 0.25) is 15.9 Å². The number of benzene rings is 3. The van der Waals surface area contributed by atoms with Crippen LogP contribution >= 0.6 is 0 Å². The van der Waals surface area contributed by atoms with Crippen molar-refractivity contribution in [3.63, 3.8) is 0 Å². The van der Waals surface area contributed by atoms with Gasteiger partial charge in [-0.2, -0.15) is 4.31 Å². The molecule has 0 aliphatic heterocycles. The summed E-state index contributed by atoms with van der Waals surface area (Å²) >= 11 is 0. The molecule has 0 saturated carbocycles. The maximum absolute atomic E-state index is 13.9. The Bertz CT molecular complexity index is 1580.